The van der Waals surface area contributed by atoms with E-state index in [1.165, 1.54) is 6.92 Å². The number of para-hydroxylation sites is 1. The zero-order valence-corrected chi connectivity index (χ0v) is 10.6. The molecule has 102 valence electrons. The summed E-state index contributed by atoms with van der Waals surface area (Å²) < 4.78 is 26.1. The third-order valence-electron chi connectivity index (χ3n) is 3.34. The van der Waals surface area contributed by atoms with E-state index in [0.717, 1.165) is 0 Å². The molecule has 2 rings (SSSR count). The predicted octanol–water partition coefficient (Wildman–Crippen LogP) is 3.26. The average Bonchev–Trinajstić information content (AvgIpc) is 2.70. The van der Waals surface area contributed by atoms with Crippen LogP contribution >= 0.6 is 0 Å². The van der Waals surface area contributed by atoms with E-state index in [2.05, 4.69) is 5.32 Å². The van der Waals surface area contributed by atoms with E-state index in [0.29, 0.717) is 11.3 Å². The smallest absolute Gasteiger partial charge is 0.248 e. The minimum atomic E-state index is -2.75. The van der Waals surface area contributed by atoms with Gasteiger partial charge in [0.2, 0.25) is 11.8 Å². The first-order chi connectivity index (χ1) is 8.89. The lowest BCUT2D eigenvalue weighted by molar-refractivity contribution is -0.120. The Bertz CT molecular complexity index is 514. The molecule has 19 heavy (non-hydrogen) atoms. The standard InChI is InChI=1S/C14H15F2NO2/c1-9(18)11-4-2-3-5-12(11)17-13(19)10-6-7-14(15,16)8-10/h2-5,10H,6-8H2,1H3,(H,17,19). The highest BCUT2D eigenvalue weighted by atomic mass is 19.3. The van der Waals surface area contributed by atoms with Gasteiger partial charge in [-0.1, -0.05) is 12.1 Å². The van der Waals surface area contributed by atoms with Crippen molar-refractivity contribution < 1.29 is 18.4 Å². The molecule has 0 heterocycles. The fourth-order valence-corrected chi connectivity index (χ4v) is 2.31. The molecule has 1 aromatic rings. The summed E-state index contributed by atoms with van der Waals surface area (Å²) in [5, 5.41) is 2.58. The van der Waals surface area contributed by atoms with Gasteiger partial charge in [0, 0.05) is 24.3 Å². The van der Waals surface area contributed by atoms with Crippen molar-refractivity contribution in [2.24, 2.45) is 5.92 Å². The molecule has 1 amide bonds. The molecule has 0 aliphatic heterocycles. The number of rotatable bonds is 3. The molecule has 1 aliphatic rings. The number of carbonyl (C=O) groups excluding carboxylic acids is 2. The maximum atomic E-state index is 13.1. The quantitative estimate of drug-likeness (QED) is 0.854. The van der Waals surface area contributed by atoms with Gasteiger partial charge in [0.25, 0.3) is 0 Å². The van der Waals surface area contributed by atoms with Crippen LogP contribution in [0.15, 0.2) is 24.3 Å². The largest absolute Gasteiger partial charge is 0.325 e. The molecule has 1 atom stereocenters. The molecule has 5 heteroatoms. The van der Waals surface area contributed by atoms with E-state index in [-0.39, 0.29) is 18.6 Å². The number of hydrogen-bond acceptors (Lipinski definition) is 2. The van der Waals surface area contributed by atoms with Crippen LogP contribution in [-0.4, -0.2) is 17.6 Å². The van der Waals surface area contributed by atoms with Gasteiger partial charge < -0.3 is 5.32 Å². The zero-order chi connectivity index (χ0) is 14.0. The number of hydrogen-bond donors (Lipinski definition) is 1. The van der Waals surface area contributed by atoms with Gasteiger partial charge in [0.1, 0.15) is 0 Å². The van der Waals surface area contributed by atoms with Crippen LogP contribution in [0.2, 0.25) is 0 Å². The number of ketones is 1. The first-order valence-electron chi connectivity index (χ1n) is 6.18. The Morgan fingerprint density at radius 3 is 2.58 bits per heavy atom. The molecule has 1 unspecified atom stereocenters. The van der Waals surface area contributed by atoms with E-state index in [1.54, 1.807) is 24.3 Å². The van der Waals surface area contributed by atoms with Gasteiger partial charge in [0.05, 0.1) is 5.69 Å². The summed E-state index contributed by atoms with van der Waals surface area (Å²) in [5.74, 6) is -4.05. The number of benzene rings is 1. The molecule has 1 saturated carbocycles. The third-order valence-corrected chi connectivity index (χ3v) is 3.34. The van der Waals surface area contributed by atoms with Crippen molar-refractivity contribution in [3.63, 3.8) is 0 Å². The van der Waals surface area contributed by atoms with Gasteiger partial charge in [0.15, 0.2) is 5.78 Å². The van der Waals surface area contributed by atoms with E-state index in [1.807, 2.05) is 0 Å². The number of anilines is 1. The third kappa shape index (κ3) is 3.16. The van der Waals surface area contributed by atoms with Crippen molar-refractivity contribution in [2.75, 3.05) is 5.32 Å². The van der Waals surface area contributed by atoms with Gasteiger partial charge in [-0.3, -0.25) is 9.59 Å². The van der Waals surface area contributed by atoms with Crippen LogP contribution in [0.5, 0.6) is 0 Å². The van der Waals surface area contributed by atoms with Gasteiger partial charge in [-0.2, -0.15) is 0 Å². The predicted molar refractivity (Wildman–Crippen MR) is 67.4 cm³/mol. The van der Waals surface area contributed by atoms with Crippen LogP contribution in [0.3, 0.4) is 0 Å². The lowest BCUT2D eigenvalue weighted by atomic mass is 10.1. The molecule has 0 aromatic heterocycles. The molecular weight excluding hydrogens is 252 g/mol. The number of alkyl halides is 2. The highest BCUT2D eigenvalue weighted by molar-refractivity contribution is 6.04. The fourth-order valence-electron chi connectivity index (χ4n) is 2.31. The molecule has 0 spiro atoms. The molecule has 1 fully saturated rings. The van der Waals surface area contributed by atoms with Crippen molar-refractivity contribution in [2.45, 2.75) is 32.1 Å². The van der Waals surface area contributed by atoms with Gasteiger partial charge in [-0.25, -0.2) is 8.78 Å². The summed E-state index contributed by atoms with van der Waals surface area (Å²) in [5.41, 5.74) is 0.774. The van der Waals surface area contributed by atoms with Crippen LogP contribution < -0.4 is 5.32 Å². The van der Waals surface area contributed by atoms with Crippen molar-refractivity contribution in [1.82, 2.24) is 0 Å². The Kier molecular flexibility index (Phi) is 3.64. The molecule has 1 aliphatic carbocycles. The maximum absolute atomic E-state index is 13.1. The highest BCUT2D eigenvalue weighted by Crippen LogP contribution is 2.39. The summed E-state index contributed by atoms with van der Waals surface area (Å²) in [4.78, 5) is 23.3. The SMILES string of the molecule is CC(=O)c1ccccc1NC(=O)C1CCC(F)(F)C1. The Morgan fingerprint density at radius 1 is 1.32 bits per heavy atom. The topological polar surface area (TPSA) is 46.2 Å². The molecule has 1 aromatic carbocycles. The molecule has 3 nitrogen and oxygen atoms in total. The van der Waals surface area contributed by atoms with E-state index in [9.17, 15) is 18.4 Å². The zero-order valence-electron chi connectivity index (χ0n) is 10.6. The Hall–Kier alpha value is -1.78. The first-order valence-corrected chi connectivity index (χ1v) is 6.18. The Morgan fingerprint density at radius 2 is 2.00 bits per heavy atom. The van der Waals surface area contributed by atoms with Crippen LogP contribution in [-0.2, 0) is 4.79 Å². The minimum absolute atomic E-state index is 0.173. The van der Waals surface area contributed by atoms with Gasteiger partial charge >= 0.3 is 0 Å². The fraction of sp³-hybridized carbons (Fsp3) is 0.429. The van der Waals surface area contributed by atoms with E-state index < -0.39 is 24.2 Å². The van der Waals surface area contributed by atoms with E-state index in [4.69, 9.17) is 0 Å². The van der Waals surface area contributed by atoms with Gasteiger partial charge in [-0.05, 0) is 25.5 Å². The summed E-state index contributed by atoms with van der Waals surface area (Å²) in [6, 6.07) is 6.57. The molecular formula is C14H15F2NO2. The number of carbonyl (C=O) groups is 2. The van der Waals surface area contributed by atoms with Crippen LogP contribution in [0, 0.1) is 5.92 Å². The normalized spacial score (nSPS) is 21.1. The second kappa shape index (κ2) is 5.07. The maximum Gasteiger partial charge on any atom is 0.248 e. The van der Waals surface area contributed by atoms with Crippen LogP contribution in [0.1, 0.15) is 36.5 Å². The van der Waals surface area contributed by atoms with Crippen molar-refractivity contribution in [3.05, 3.63) is 29.8 Å². The second-order valence-corrected chi connectivity index (χ2v) is 4.89. The average molecular weight is 267 g/mol. The second-order valence-electron chi connectivity index (χ2n) is 4.89. The number of amides is 1. The monoisotopic (exact) mass is 267 g/mol. The van der Waals surface area contributed by atoms with Crippen molar-refractivity contribution >= 4 is 17.4 Å². The molecule has 1 N–H and O–H groups in total. The summed E-state index contributed by atoms with van der Waals surface area (Å²) >= 11 is 0. The highest BCUT2D eigenvalue weighted by Gasteiger charge is 2.42. The lowest BCUT2D eigenvalue weighted by Gasteiger charge is -2.13. The minimum Gasteiger partial charge on any atom is -0.325 e. The first kappa shape index (κ1) is 13.6. The Labute approximate surface area is 110 Å². The van der Waals surface area contributed by atoms with Crippen LogP contribution in [0.25, 0.3) is 0 Å². The van der Waals surface area contributed by atoms with Crippen molar-refractivity contribution in [3.8, 4) is 0 Å². The van der Waals surface area contributed by atoms with E-state index >= 15 is 0 Å². The lowest BCUT2D eigenvalue weighted by Crippen LogP contribution is -2.23. The van der Waals surface area contributed by atoms with Gasteiger partial charge in [-0.15, -0.1) is 0 Å². The number of nitrogens with one attached hydrogen (secondary N) is 1. The number of halogens is 2. The molecule has 0 saturated heterocycles. The number of Topliss-reactive ketones (excluding diaryl/α,β-unsaturated/α-hetero) is 1. The Balaban J connectivity index is 2.10. The summed E-state index contributed by atoms with van der Waals surface area (Å²) in [7, 11) is 0. The van der Waals surface area contributed by atoms with Crippen LogP contribution in [0.4, 0.5) is 14.5 Å². The molecule has 0 bridgehead atoms. The molecule has 0 radical (unpaired) electrons. The summed E-state index contributed by atoms with van der Waals surface area (Å²) in [6.07, 6.45) is -0.485. The summed E-state index contributed by atoms with van der Waals surface area (Å²) in [6.45, 7) is 1.40. The van der Waals surface area contributed by atoms with Crippen molar-refractivity contribution in [1.29, 1.82) is 0 Å².